The first-order chi connectivity index (χ1) is 13.3. The molecule has 2 saturated heterocycles. The number of hydrogen-bond donors (Lipinski definition) is 2. The molecule has 0 radical (unpaired) electrons. The Morgan fingerprint density at radius 2 is 1.86 bits per heavy atom. The van der Waals surface area contributed by atoms with Crippen LogP contribution in [0.1, 0.15) is 24.8 Å². The molecule has 158 valence electrons. The second-order valence-electron chi connectivity index (χ2n) is 7.47. The minimum Gasteiger partial charge on any atom is -0.356 e. The number of halogens is 1. The molecule has 3 rings (SSSR count). The van der Waals surface area contributed by atoms with E-state index in [9.17, 15) is 0 Å². The molecule has 0 amide bonds. The van der Waals surface area contributed by atoms with Crippen molar-refractivity contribution in [3.8, 4) is 0 Å². The van der Waals surface area contributed by atoms with Crippen molar-refractivity contribution in [2.45, 2.75) is 31.1 Å². The quantitative estimate of drug-likeness (QED) is 0.240. The number of hydrogen-bond acceptors (Lipinski definition) is 4. The molecule has 2 N–H and O–H groups in total. The van der Waals surface area contributed by atoms with Crippen LogP contribution in [0, 0.1) is 0 Å². The summed E-state index contributed by atoms with van der Waals surface area (Å²) in [5.74, 6) is 2.27. The largest absolute Gasteiger partial charge is 0.356 e. The van der Waals surface area contributed by atoms with E-state index in [0.29, 0.717) is 0 Å². The smallest absolute Gasteiger partial charge is 0.191 e. The van der Waals surface area contributed by atoms with E-state index in [4.69, 9.17) is 0 Å². The third-order valence-corrected chi connectivity index (χ3v) is 6.80. The molecule has 7 heteroatoms. The van der Waals surface area contributed by atoms with Crippen LogP contribution in [0.15, 0.2) is 35.3 Å². The van der Waals surface area contributed by atoms with Gasteiger partial charge in [-0.05, 0) is 37.1 Å². The Morgan fingerprint density at radius 3 is 2.54 bits per heavy atom. The molecular formula is C21H36IN5S. The van der Waals surface area contributed by atoms with Gasteiger partial charge in [0.05, 0.1) is 0 Å². The Bertz CT molecular complexity index is 557. The number of piperazine rings is 1. The molecule has 0 saturated carbocycles. The predicted molar refractivity (Wildman–Crippen MR) is 133 cm³/mol. The minimum atomic E-state index is 0. The van der Waals surface area contributed by atoms with Gasteiger partial charge in [0.15, 0.2) is 5.96 Å². The van der Waals surface area contributed by atoms with Gasteiger partial charge in [-0.2, -0.15) is 11.8 Å². The number of guanidine groups is 1. The van der Waals surface area contributed by atoms with Gasteiger partial charge in [-0.1, -0.05) is 30.3 Å². The summed E-state index contributed by atoms with van der Waals surface area (Å²) in [6.45, 7) is 8.97. The highest BCUT2D eigenvalue weighted by atomic mass is 127. The third-order valence-electron chi connectivity index (χ3n) is 5.40. The van der Waals surface area contributed by atoms with Crippen molar-refractivity contribution in [1.29, 1.82) is 0 Å². The van der Waals surface area contributed by atoms with Crippen molar-refractivity contribution in [2.75, 3.05) is 58.6 Å². The second-order valence-corrected chi connectivity index (χ2v) is 8.88. The van der Waals surface area contributed by atoms with Gasteiger partial charge in [-0.15, -0.1) is 24.0 Å². The van der Waals surface area contributed by atoms with Gasteiger partial charge < -0.3 is 15.5 Å². The Kier molecular flexibility index (Phi) is 11.6. The maximum absolute atomic E-state index is 4.35. The zero-order valence-corrected chi connectivity index (χ0v) is 20.3. The average Bonchev–Trinajstić information content (AvgIpc) is 3.23. The maximum Gasteiger partial charge on any atom is 0.191 e. The van der Waals surface area contributed by atoms with Crippen LogP contribution in [0.25, 0.3) is 0 Å². The normalized spacial score (nSPS) is 21.3. The van der Waals surface area contributed by atoms with Gasteiger partial charge in [-0.25, -0.2) is 0 Å². The van der Waals surface area contributed by atoms with Crippen LogP contribution in [0.2, 0.25) is 0 Å². The minimum absolute atomic E-state index is 0. The van der Waals surface area contributed by atoms with Gasteiger partial charge in [0, 0.05) is 58.1 Å². The van der Waals surface area contributed by atoms with Crippen LogP contribution >= 0.6 is 35.7 Å². The van der Waals surface area contributed by atoms with Gasteiger partial charge in [0.2, 0.25) is 0 Å². The highest BCUT2D eigenvalue weighted by Gasteiger charge is 2.17. The molecule has 1 aromatic rings. The summed E-state index contributed by atoms with van der Waals surface area (Å²) in [4.78, 5) is 9.51. The fraction of sp³-hybridized carbons (Fsp3) is 0.667. The van der Waals surface area contributed by atoms with Crippen LogP contribution in [0.5, 0.6) is 0 Å². The number of benzene rings is 1. The molecule has 5 nitrogen and oxygen atoms in total. The molecule has 0 aromatic heterocycles. The first-order valence-electron chi connectivity index (χ1n) is 10.4. The van der Waals surface area contributed by atoms with Crippen LogP contribution in [0.3, 0.4) is 0 Å². The Balaban J connectivity index is 0.00000280. The Hall–Kier alpha value is -0.510. The number of nitrogens with one attached hydrogen (secondary N) is 2. The molecule has 2 heterocycles. The molecule has 1 unspecified atom stereocenters. The molecule has 2 aliphatic rings. The molecule has 0 spiro atoms. The van der Waals surface area contributed by atoms with E-state index in [2.05, 4.69) is 67.5 Å². The SMILES string of the molecule is CN=C(NCCCN1CCN(Cc2ccccc2)CC1)NCC1CCCS1.I. The van der Waals surface area contributed by atoms with Crippen molar-refractivity contribution < 1.29 is 0 Å². The average molecular weight is 518 g/mol. The van der Waals surface area contributed by atoms with Crippen LogP contribution < -0.4 is 10.6 Å². The van der Waals surface area contributed by atoms with Crippen LogP contribution in [-0.4, -0.2) is 79.6 Å². The summed E-state index contributed by atoms with van der Waals surface area (Å²) in [5.41, 5.74) is 1.42. The third kappa shape index (κ3) is 8.47. The van der Waals surface area contributed by atoms with E-state index in [-0.39, 0.29) is 24.0 Å². The number of thioether (sulfide) groups is 1. The first-order valence-corrected chi connectivity index (χ1v) is 11.4. The fourth-order valence-corrected chi connectivity index (χ4v) is 4.96. The van der Waals surface area contributed by atoms with Crippen LogP contribution in [-0.2, 0) is 6.54 Å². The Labute approximate surface area is 192 Å². The highest BCUT2D eigenvalue weighted by Crippen LogP contribution is 2.25. The molecular weight excluding hydrogens is 481 g/mol. The molecule has 1 aromatic carbocycles. The summed E-state index contributed by atoms with van der Waals surface area (Å²) in [6.07, 6.45) is 3.87. The van der Waals surface area contributed by atoms with E-state index >= 15 is 0 Å². The lowest BCUT2D eigenvalue weighted by Gasteiger charge is -2.34. The van der Waals surface area contributed by atoms with Crippen molar-refractivity contribution in [3.05, 3.63) is 35.9 Å². The highest BCUT2D eigenvalue weighted by molar-refractivity contribution is 14.0. The zero-order valence-electron chi connectivity index (χ0n) is 17.1. The van der Waals surface area contributed by atoms with E-state index in [1.807, 2.05) is 7.05 Å². The lowest BCUT2D eigenvalue weighted by molar-refractivity contribution is 0.126. The monoisotopic (exact) mass is 517 g/mol. The first kappa shape index (κ1) is 23.8. The number of nitrogens with zero attached hydrogens (tertiary/aromatic N) is 3. The molecule has 0 aliphatic carbocycles. The zero-order chi connectivity index (χ0) is 18.7. The van der Waals surface area contributed by atoms with E-state index in [0.717, 1.165) is 37.3 Å². The van der Waals surface area contributed by atoms with Crippen LogP contribution in [0.4, 0.5) is 0 Å². The molecule has 2 fully saturated rings. The topological polar surface area (TPSA) is 42.9 Å². The van der Waals surface area contributed by atoms with E-state index < -0.39 is 0 Å². The second kappa shape index (κ2) is 13.7. The van der Waals surface area contributed by atoms with Crippen molar-refractivity contribution in [2.24, 2.45) is 4.99 Å². The summed E-state index contributed by atoms with van der Waals surface area (Å²) in [5, 5.41) is 7.70. The maximum atomic E-state index is 4.35. The van der Waals surface area contributed by atoms with Crippen molar-refractivity contribution in [1.82, 2.24) is 20.4 Å². The van der Waals surface area contributed by atoms with Crippen molar-refractivity contribution >= 4 is 41.7 Å². The Morgan fingerprint density at radius 1 is 1.11 bits per heavy atom. The standard InChI is InChI=1S/C21H35N5S.HI/c1-22-21(24-17-20-9-5-16-27-20)23-10-6-11-25-12-14-26(15-13-25)18-19-7-3-2-4-8-19;/h2-4,7-8,20H,5-6,9-18H2,1H3,(H2,22,23,24);1H. The number of aliphatic imine (C=N–C) groups is 1. The van der Waals surface area contributed by atoms with E-state index in [1.54, 1.807) is 0 Å². The summed E-state index contributed by atoms with van der Waals surface area (Å²) in [7, 11) is 1.86. The van der Waals surface area contributed by atoms with E-state index in [1.165, 1.54) is 56.9 Å². The van der Waals surface area contributed by atoms with Gasteiger partial charge in [0.1, 0.15) is 0 Å². The molecule has 1 atom stereocenters. The molecule has 2 aliphatic heterocycles. The lowest BCUT2D eigenvalue weighted by atomic mass is 10.2. The van der Waals surface area contributed by atoms with Crippen molar-refractivity contribution in [3.63, 3.8) is 0 Å². The number of rotatable bonds is 8. The lowest BCUT2D eigenvalue weighted by Crippen LogP contribution is -2.46. The van der Waals surface area contributed by atoms with Gasteiger partial charge in [-0.3, -0.25) is 9.89 Å². The van der Waals surface area contributed by atoms with Gasteiger partial charge in [0.25, 0.3) is 0 Å². The summed E-state index contributed by atoms with van der Waals surface area (Å²) < 4.78 is 0. The summed E-state index contributed by atoms with van der Waals surface area (Å²) in [6, 6.07) is 10.8. The fourth-order valence-electron chi connectivity index (χ4n) is 3.76. The summed E-state index contributed by atoms with van der Waals surface area (Å²) >= 11 is 2.09. The predicted octanol–water partition coefficient (Wildman–Crippen LogP) is 2.87. The van der Waals surface area contributed by atoms with Gasteiger partial charge >= 0.3 is 0 Å². The molecule has 0 bridgehead atoms. The molecule has 28 heavy (non-hydrogen) atoms.